The Bertz CT molecular complexity index is 2060. The van der Waals surface area contributed by atoms with Gasteiger partial charge in [-0.25, -0.2) is 0 Å². The molecule has 0 fully saturated rings. The number of fused-ring (bicyclic) bond motifs is 3. The molecule has 0 saturated heterocycles. The first-order valence-electron chi connectivity index (χ1n) is 14.9. The second kappa shape index (κ2) is 12.7. The summed E-state index contributed by atoms with van der Waals surface area (Å²) in [7, 11) is 0. The smallest absolute Gasteiger partial charge is 0.0541 e. The molecule has 0 radical (unpaired) electrons. The largest absolute Gasteiger partial charge is 0.405 e. The highest BCUT2D eigenvalue weighted by atomic mass is 15.0. The van der Waals surface area contributed by atoms with Crippen molar-refractivity contribution in [2.75, 3.05) is 5.32 Å². The lowest BCUT2D eigenvalue weighted by Crippen LogP contribution is -2.02. The van der Waals surface area contributed by atoms with Gasteiger partial charge in [-0.15, -0.1) is 0 Å². The molecule has 3 N–H and O–H groups in total. The van der Waals surface area contributed by atoms with Gasteiger partial charge in [0.05, 0.1) is 11.0 Å². The number of nitrogens with two attached hydrogens (primary N) is 1. The van der Waals surface area contributed by atoms with Crippen molar-refractivity contribution < 1.29 is 0 Å². The number of aromatic nitrogens is 2. The molecular weight excluding hydrogens is 536 g/mol. The van der Waals surface area contributed by atoms with Crippen molar-refractivity contribution in [1.29, 1.82) is 0 Å². The van der Waals surface area contributed by atoms with E-state index in [0.29, 0.717) is 0 Å². The minimum Gasteiger partial charge on any atom is -0.405 e. The molecule has 4 aromatic carbocycles. The molecule has 0 spiro atoms. The van der Waals surface area contributed by atoms with Gasteiger partial charge in [0, 0.05) is 40.2 Å². The van der Waals surface area contributed by atoms with Gasteiger partial charge >= 0.3 is 0 Å². The van der Waals surface area contributed by atoms with E-state index in [1.807, 2.05) is 38.4 Å². The number of nitrogens with one attached hydrogen (secondary N) is 1. The van der Waals surface area contributed by atoms with Gasteiger partial charge in [0.1, 0.15) is 0 Å². The molecule has 0 aliphatic carbocycles. The van der Waals surface area contributed by atoms with Crippen LogP contribution in [0.25, 0.3) is 49.8 Å². The lowest BCUT2D eigenvalue weighted by molar-refractivity contribution is 1.18. The zero-order valence-corrected chi connectivity index (χ0v) is 25.3. The fourth-order valence-corrected chi connectivity index (χ4v) is 5.82. The standard InChI is InChI=1S/C40H36N4/c1-4-10-38(28(3)30-11-7-6-8-12-30)43-34-13-9-14-35(27-34)44-39-17-15-32(29(5-2)19-22-41)25-36(39)37-26-33(16-18-40(37)44)31-20-23-42-24-21-31/h4-27,43H,41H2,1-3H3/b10-4-,22-19-,29-5+,38-28-. The van der Waals surface area contributed by atoms with Gasteiger partial charge in [-0.2, -0.15) is 0 Å². The summed E-state index contributed by atoms with van der Waals surface area (Å²) in [6, 6.07) is 36.6. The third-order valence-electron chi connectivity index (χ3n) is 8.03. The van der Waals surface area contributed by atoms with Crippen LogP contribution in [0.15, 0.2) is 152 Å². The van der Waals surface area contributed by atoms with Crippen molar-refractivity contribution >= 4 is 38.6 Å². The van der Waals surface area contributed by atoms with Crippen molar-refractivity contribution in [3.8, 4) is 16.8 Å². The van der Waals surface area contributed by atoms with Crippen LogP contribution in [0.3, 0.4) is 0 Å². The van der Waals surface area contributed by atoms with E-state index in [-0.39, 0.29) is 0 Å². The van der Waals surface area contributed by atoms with E-state index >= 15 is 0 Å². The number of allylic oxidation sites excluding steroid dienone is 6. The Hall–Kier alpha value is -5.61. The lowest BCUT2D eigenvalue weighted by atomic mass is 10.0. The highest BCUT2D eigenvalue weighted by molar-refractivity contribution is 6.11. The molecule has 44 heavy (non-hydrogen) atoms. The fraction of sp³-hybridized carbons (Fsp3) is 0.0750. The van der Waals surface area contributed by atoms with Crippen LogP contribution in [0.4, 0.5) is 5.69 Å². The third kappa shape index (κ3) is 5.58. The SMILES string of the molecule is C/C=C\C(Nc1cccc(-n2c3ccc(C(/C=C\N)=C/C)cc3c3cc(-c4ccncc4)ccc32)c1)=C(/C)c1ccccc1. The Morgan fingerprint density at radius 3 is 2.20 bits per heavy atom. The van der Waals surface area contributed by atoms with Gasteiger partial charge < -0.3 is 15.6 Å². The second-order valence-corrected chi connectivity index (χ2v) is 10.7. The Morgan fingerprint density at radius 2 is 1.48 bits per heavy atom. The van der Waals surface area contributed by atoms with Gasteiger partial charge in [0.2, 0.25) is 0 Å². The van der Waals surface area contributed by atoms with E-state index in [9.17, 15) is 0 Å². The molecule has 0 amide bonds. The zero-order valence-electron chi connectivity index (χ0n) is 25.3. The van der Waals surface area contributed by atoms with Crippen molar-refractivity contribution in [3.63, 3.8) is 0 Å². The van der Waals surface area contributed by atoms with E-state index in [0.717, 1.165) is 50.4 Å². The maximum absolute atomic E-state index is 5.79. The predicted octanol–water partition coefficient (Wildman–Crippen LogP) is 10.1. The Kier molecular flexibility index (Phi) is 8.24. The average molecular weight is 573 g/mol. The van der Waals surface area contributed by atoms with E-state index in [1.54, 1.807) is 6.20 Å². The van der Waals surface area contributed by atoms with E-state index < -0.39 is 0 Å². The topological polar surface area (TPSA) is 55.9 Å². The van der Waals surface area contributed by atoms with Crippen LogP contribution in [0, 0.1) is 0 Å². The first kappa shape index (κ1) is 28.5. The molecule has 0 atom stereocenters. The number of benzene rings is 4. The first-order valence-corrected chi connectivity index (χ1v) is 14.9. The third-order valence-corrected chi connectivity index (χ3v) is 8.03. The summed E-state index contributed by atoms with van der Waals surface area (Å²) in [5.74, 6) is 0. The molecule has 4 nitrogen and oxygen atoms in total. The second-order valence-electron chi connectivity index (χ2n) is 10.7. The number of anilines is 1. The van der Waals surface area contributed by atoms with Gasteiger partial charge in [-0.3, -0.25) is 4.98 Å². The number of hydrogen-bond acceptors (Lipinski definition) is 3. The maximum Gasteiger partial charge on any atom is 0.0541 e. The molecule has 0 unspecified atom stereocenters. The monoisotopic (exact) mass is 572 g/mol. The molecule has 0 aliphatic rings. The van der Waals surface area contributed by atoms with Crippen molar-refractivity contribution in [3.05, 3.63) is 163 Å². The molecule has 6 rings (SSSR count). The molecule has 0 saturated carbocycles. The van der Waals surface area contributed by atoms with Crippen LogP contribution in [0.5, 0.6) is 0 Å². The van der Waals surface area contributed by atoms with Crippen LogP contribution in [-0.2, 0) is 0 Å². The highest BCUT2D eigenvalue weighted by Gasteiger charge is 2.15. The van der Waals surface area contributed by atoms with Gasteiger partial charge in [-0.1, -0.05) is 60.7 Å². The highest BCUT2D eigenvalue weighted by Crippen LogP contribution is 2.37. The number of nitrogens with zero attached hydrogens (tertiary/aromatic N) is 2. The number of rotatable bonds is 8. The van der Waals surface area contributed by atoms with Crippen LogP contribution in [0.2, 0.25) is 0 Å². The molecule has 0 aliphatic heterocycles. The fourth-order valence-electron chi connectivity index (χ4n) is 5.82. The number of pyridine rings is 1. The van der Waals surface area contributed by atoms with Crippen LogP contribution >= 0.6 is 0 Å². The first-order chi connectivity index (χ1) is 21.6. The van der Waals surface area contributed by atoms with E-state index in [1.165, 1.54) is 21.9 Å². The summed E-state index contributed by atoms with van der Waals surface area (Å²) in [6.45, 7) is 6.25. The average Bonchev–Trinajstić information content (AvgIpc) is 3.40. The quantitative estimate of drug-likeness (QED) is 0.178. The maximum atomic E-state index is 5.79. The Balaban J connectivity index is 1.52. The zero-order chi connectivity index (χ0) is 30.5. The minimum absolute atomic E-state index is 1.02. The summed E-state index contributed by atoms with van der Waals surface area (Å²) in [4.78, 5) is 4.21. The molecule has 0 bridgehead atoms. The number of hydrogen-bond donors (Lipinski definition) is 2. The molecule has 2 heterocycles. The minimum atomic E-state index is 1.02. The van der Waals surface area contributed by atoms with Crippen molar-refractivity contribution in [1.82, 2.24) is 9.55 Å². The van der Waals surface area contributed by atoms with E-state index in [2.05, 4.69) is 137 Å². The summed E-state index contributed by atoms with van der Waals surface area (Å²) < 4.78 is 2.35. The lowest BCUT2D eigenvalue weighted by Gasteiger charge is -2.15. The summed E-state index contributed by atoms with van der Waals surface area (Å²) in [6.07, 6.45) is 13.5. The summed E-state index contributed by atoms with van der Waals surface area (Å²) in [5, 5.41) is 6.08. The molecule has 2 aromatic heterocycles. The molecule has 216 valence electrons. The van der Waals surface area contributed by atoms with Gasteiger partial charge in [-0.05, 0) is 127 Å². The summed E-state index contributed by atoms with van der Waals surface area (Å²) in [5.41, 5.74) is 18.1. The van der Waals surface area contributed by atoms with Crippen molar-refractivity contribution in [2.24, 2.45) is 5.73 Å². The normalized spacial score (nSPS) is 12.8. The van der Waals surface area contributed by atoms with Crippen LogP contribution < -0.4 is 11.1 Å². The van der Waals surface area contributed by atoms with Gasteiger partial charge in [0.15, 0.2) is 0 Å². The van der Waals surface area contributed by atoms with E-state index in [4.69, 9.17) is 5.73 Å². The summed E-state index contributed by atoms with van der Waals surface area (Å²) >= 11 is 0. The van der Waals surface area contributed by atoms with Crippen molar-refractivity contribution in [2.45, 2.75) is 20.8 Å². The molecule has 6 aromatic rings. The van der Waals surface area contributed by atoms with Gasteiger partial charge in [0.25, 0.3) is 0 Å². The van der Waals surface area contributed by atoms with Crippen LogP contribution in [0.1, 0.15) is 31.9 Å². The predicted molar refractivity (Wildman–Crippen MR) is 188 cm³/mol. The van der Waals surface area contributed by atoms with Crippen LogP contribution in [-0.4, -0.2) is 9.55 Å². The Morgan fingerprint density at radius 1 is 0.727 bits per heavy atom. The molecule has 4 heteroatoms. The molecular formula is C40H36N4. The Labute approximate surface area is 259 Å².